The molecular weight excluding hydrogens is 538 g/mol. The van der Waals surface area contributed by atoms with E-state index in [9.17, 15) is 4.79 Å². The summed E-state index contributed by atoms with van der Waals surface area (Å²) in [4.78, 5) is 12.4. The Kier molecular flexibility index (Phi) is 8.70. The van der Waals surface area contributed by atoms with Crippen LogP contribution in [0.3, 0.4) is 0 Å². The summed E-state index contributed by atoms with van der Waals surface area (Å²) in [6.45, 7) is 6.52. The van der Waals surface area contributed by atoms with Crippen LogP contribution in [-0.2, 0) is 11.3 Å². The standard InChI is InChI=1S/C27H24BrN5O2S/c1-19(2)17-33-26(21-11-13-22(28)14-12-21)31-32-27(33)36-18-25(34)30-29-16-20-7-6-10-24(15-20)35-23-8-4-3-5-9-23/h3-16H,1,17-18H2,2H3,(H,30,34). The number of allylic oxidation sites excluding steroid dienone is 1. The van der Waals surface area contributed by atoms with E-state index in [0.717, 1.165) is 32.7 Å². The third-order valence-corrected chi connectivity index (χ3v) is 6.31. The lowest BCUT2D eigenvalue weighted by molar-refractivity contribution is -0.118. The molecule has 3 aromatic carbocycles. The van der Waals surface area contributed by atoms with Crippen LogP contribution < -0.4 is 10.2 Å². The topological polar surface area (TPSA) is 81.4 Å². The van der Waals surface area contributed by atoms with E-state index in [0.29, 0.717) is 17.5 Å². The molecule has 0 spiro atoms. The number of hydrazone groups is 1. The molecule has 36 heavy (non-hydrogen) atoms. The van der Waals surface area contributed by atoms with Crippen LogP contribution in [-0.4, -0.2) is 32.6 Å². The molecule has 1 amide bonds. The van der Waals surface area contributed by atoms with Crippen molar-refractivity contribution in [1.29, 1.82) is 0 Å². The van der Waals surface area contributed by atoms with Gasteiger partial charge in [-0.1, -0.05) is 82.3 Å². The van der Waals surface area contributed by atoms with Gasteiger partial charge in [0.05, 0.1) is 12.0 Å². The van der Waals surface area contributed by atoms with Gasteiger partial charge in [-0.25, -0.2) is 5.43 Å². The second-order valence-electron chi connectivity index (χ2n) is 7.93. The van der Waals surface area contributed by atoms with E-state index in [2.05, 4.69) is 43.2 Å². The fraction of sp³-hybridized carbons (Fsp3) is 0.111. The third-order valence-electron chi connectivity index (χ3n) is 4.82. The number of nitrogens with one attached hydrogen (secondary N) is 1. The van der Waals surface area contributed by atoms with Crippen LogP contribution in [0.25, 0.3) is 11.4 Å². The van der Waals surface area contributed by atoms with Crippen molar-refractivity contribution in [3.8, 4) is 22.9 Å². The number of hydrogen-bond donors (Lipinski definition) is 1. The summed E-state index contributed by atoms with van der Waals surface area (Å²) in [6.07, 6.45) is 1.58. The number of amides is 1. The first-order chi connectivity index (χ1) is 17.5. The fourth-order valence-electron chi connectivity index (χ4n) is 3.24. The average molecular weight is 562 g/mol. The highest BCUT2D eigenvalue weighted by molar-refractivity contribution is 9.10. The van der Waals surface area contributed by atoms with Crippen molar-refractivity contribution in [2.24, 2.45) is 5.10 Å². The number of carbonyl (C=O) groups excluding carboxylic acids is 1. The number of aromatic nitrogens is 3. The zero-order valence-corrected chi connectivity index (χ0v) is 22.0. The van der Waals surface area contributed by atoms with Gasteiger partial charge in [0.15, 0.2) is 11.0 Å². The van der Waals surface area contributed by atoms with Crippen molar-refractivity contribution < 1.29 is 9.53 Å². The van der Waals surface area contributed by atoms with E-state index >= 15 is 0 Å². The number of benzene rings is 3. The molecule has 0 aliphatic rings. The van der Waals surface area contributed by atoms with Crippen molar-refractivity contribution >= 4 is 39.8 Å². The summed E-state index contributed by atoms with van der Waals surface area (Å²) in [5.41, 5.74) is 5.26. The van der Waals surface area contributed by atoms with Crippen LogP contribution in [0.15, 0.2) is 106 Å². The van der Waals surface area contributed by atoms with Crippen molar-refractivity contribution in [3.63, 3.8) is 0 Å². The van der Waals surface area contributed by atoms with E-state index in [1.54, 1.807) is 6.21 Å². The summed E-state index contributed by atoms with van der Waals surface area (Å²) in [7, 11) is 0. The summed E-state index contributed by atoms with van der Waals surface area (Å²) >= 11 is 4.75. The second kappa shape index (κ2) is 12.3. The number of halogens is 1. The van der Waals surface area contributed by atoms with E-state index < -0.39 is 0 Å². The number of rotatable bonds is 10. The largest absolute Gasteiger partial charge is 0.457 e. The molecule has 0 aliphatic carbocycles. The van der Waals surface area contributed by atoms with Gasteiger partial charge in [-0.15, -0.1) is 10.2 Å². The Morgan fingerprint density at radius 3 is 2.58 bits per heavy atom. The Morgan fingerprint density at radius 2 is 1.83 bits per heavy atom. The normalized spacial score (nSPS) is 10.9. The van der Waals surface area contributed by atoms with Gasteiger partial charge in [0.1, 0.15) is 11.5 Å². The third kappa shape index (κ3) is 7.16. The summed E-state index contributed by atoms with van der Waals surface area (Å²) in [6, 6.07) is 24.8. The maximum absolute atomic E-state index is 12.4. The van der Waals surface area contributed by atoms with E-state index in [-0.39, 0.29) is 11.7 Å². The molecule has 0 unspecified atom stereocenters. The first-order valence-corrected chi connectivity index (χ1v) is 12.9. The molecule has 9 heteroatoms. The Bertz CT molecular complexity index is 1370. The van der Waals surface area contributed by atoms with Crippen LogP contribution in [0.5, 0.6) is 11.5 Å². The predicted octanol–water partition coefficient (Wildman–Crippen LogP) is 6.32. The number of hydrogen-bond acceptors (Lipinski definition) is 6. The molecule has 0 saturated carbocycles. The minimum atomic E-state index is -0.247. The van der Waals surface area contributed by atoms with Gasteiger partial charge in [0.2, 0.25) is 0 Å². The molecule has 0 radical (unpaired) electrons. The van der Waals surface area contributed by atoms with Gasteiger partial charge >= 0.3 is 0 Å². The molecular formula is C27H24BrN5O2S. The Labute approximate surface area is 222 Å². The molecule has 0 bridgehead atoms. The molecule has 1 aromatic heterocycles. The highest BCUT2D eigenvalue weighted by Gasteiger charge is 2.16. The van der Waals surface area contributed by atoms with Gasteiger partial charge in [-0.3, -0.25) is 9.36 Å². The number of thioether (sulfide) groups is 1. The SMILES string of the molecule is C=C(C)Cn1c(SCC(=O)NN=Cc2cccc(Oc3ccccc3)c2)nnc1-c1ccc(Br)cc1. The lowest BCUT2D eigenvalue weighted by atomic mass is 10.2. The predicted molar refractivity (Wildman–Crippen MR) is 147 cm³/mol. The van der Waals surface area contributed by atoms with Gasteiger partial charge in [0, 0.05) is 16.6 Å². The second-order valence-corrected chi connectivity index (χ2v) is 9.78. The van der Waals surface area contributed by atoms with Gasteiger partial charge in [-0.2, -0.15) is 5.10 Å². The number of ether oxygens (including phenoxy) is 1. The minimum Gasteiger partial charge on any atom is -0.457 e. The van der Waals surface area contributed by atoms with E-state index in [1.807, 2.05) is 90.4 Å². The smallest absolute Gasteiger partial charge is 0.250 e. The molecule has 0 fully saturated rings. The van der Waals surface area contributed by atoms with Crippen LogP contribution >= 0.6 is 27.7 Å². The quantitative estimate of drug-likeness (QED) is 0.106. The molecule has 0 atom stereocenters. The zero-order valence-electron chi connectivity index (χ0n) is 19.6. The van der Waals surface area contributed by atoms with Gasteiger partial charge in [-0.05, 0) is 48.9 Å². The Morgan fingerprint density at radius 1 is 1.08 bits per heavy atom. The Hall–Kier alpha value is -3.69. The van der Waals surface area contributed by atoms with Crippen LogP contribution in [0.2, 0.25) is 0 Å². The Balaban J connectivity index is 1.35. The van der Waals surface area contributed by atoms with Crippen molar-refractivity contribution in [2.45, 2.75) is 18.6 Å². The highest BCUT2D eigenvalue weighted by atomic mass is 79.9. The average Bonchev–Trinajstić information content (AvgIpc) is 3.26. The van der Waals surface area contributed by atoms with E-state index in [4.69, 9.17) is 4.74 Å². The summed E-state index contributed by atoms with van der Waals surface area (Å²) in [5, 5.41) is 13.4. The monoisotopic (exact) mass is 561 g/mol. The van der Waals surface area contributed by atoms with Gasteiger partial charge < -0.3 is 4.74 Å². The lowest BCUT2D eigenvalue weighted by Crippen LogP contribution is -2.20. The molecule has 1 heterocycles. The molecule has 4 aromatic rings. The number of para-hydroxylation sites is 1. The van der Waals surface area contributed by atoms with Gasteiger partial charge in [0.25, 0.3) is 5.91 Å². The number of nitrogens with zero attached hydrogens (tertiary/aromatic N) is 4. The van der Waals surface area contributed by atoms with Crippen molar-refractivity contribution in [2.75, 3.05) is 5.75 Å². The van der Waals surface area contributed by atoms with Crippen LogP contribution in [0.1, 0.15) is 12.5 Å². The minimum absolute atomic E-state index is 0.142. The van der Waals surface area contributed by atoms with Crippen molar-refractivity contribution in [3.05, 3.63) is 101 Å². The van der Waals surface area contributed by atoms with Crippen LogP contribution in [0, 0.1) is 0 Å². The zero-order chi connectivity index (χ0) is 25.3. The molecule has 0 aliphatic heterocycles. The first-order valence-electron chi connectivity index (χ1n) is 11.1. The molecule has 182 valence electrons. The number of carbonyl (C=O) groups is 1. The highest BCUT2D eigenvalue weighted by Crippen LogP contribution is 2.26. The maximum Gasteiger partial charge on any atom is 0.250 e. The summed E-state index contributed by atoms with van der Waals surface area (Å²) < 4.78 is 8.79. The summed E-state index contributed by atoms with van der Waals surface area (Å²) in [5.74, 6) is 2.06. The maximum atomic E-state index is 12.4. The molecule has 0 saturated heterocycles. The first kappa shape index (κ1) is 25.4. The molecule has 4 rings (SSSR count). The molecule has 1 N–H and O–H groups in total. The van der Waals surface area contributed by atoms with Crippen LogP contribution in [0.4, 0.5) is 0 Å². The van der Waals surface area contributed by atoms with Crippen molar-refractivity contribution in [1.82, 2.24) is 20.2 Å². The van der Waals surface area contributed by atoms with E-state index in [1.165, 1.54) is 11.8 Å². The molecule has 7 nitrogen and oxygen atoms in total. The lowest BCUT2D eigenvalue weighted by Gasteiger charge is -2.10. The fourth-order valence-corrected chi connectivity index (χ4v) is 4.24.